The quantitative estimate of drug-likeness (QED) is 0.476. The molecule has 7 heteroatoms. The van der Waals surface area contributed by atoms with Crippen LogP contribution < -0.4 is 10.1 Å². The van der Waals surface area contributed by atoms with E-state index < -0.39 is 10.8 Å². The normalized spacial score (nSPS) is 12.0. The highest BCUT2D eigenvalue weighted by Crippen LogP contribution is 2.30. The summed E-state index contributed by atoms with van der Waals surface area (Å²) in [6.45, 7) is 6.11. The van der Waals surface area contributed by atoms with Gasteiger partial charge in [-0.1, -0.05) is 19.9 Å². The van der Waals surface area contributed by atoms with E-state index in [1.807, 2.05) is 13.8 Å². The molecule has 0 aliphatic heterocycles. The number of hydrogen-bond donors (Lipinski definition) is 1. The van der Waals surface area contributed by atoms with Gasteiger partial charge in [-0.15, -0.1) is 11.6 Å². The van der Waals surface area contributed by atoms with Crippen LogP contribution >= 0.6 is 11.6 Å². The number of nitro benzene ring substituents is 1. The summed E-state index contributed by atoms with van der Waals surface area (Å²) in [7, 11) is 0. The highest BCUT2D eigenvalue weighted by molar-refractivity contribution is 6.21. The molecule has 21 heavy (non-hydrogen) atoms. The molecule has 1 aromatic rings. The van der Waals surface area contributed by atoms with Gasteiger partial charge in [0.25, 0.3) is 5.91 Å². The van der Waals surface area contributed by atoms with E-state index in [2.05, 4.69) is 5.32 Å². The van der Waals surface area contributed by atoms with Gasteiger partial charge >= 0.3 is 5.69 Å². The number of para-hydroxylation sites is 1. The first kappa shape index (κ1) is 17.2. The number of nitrogens with one attached hydrogen (secondary N) is 1. The molecule has 0 spiro atoms. The summed E-state index contributed by atoms with van der Waals surface area (Å²) < 4.78 is 5.27. The van der Waals surface area contributed by atoms with Crippen molar-refractivity contribution < 1.29 is 14.5 Å². The molecule has 0 saturated heterocycles. The Balaban J connectivity index is 2.98. The van der Waals surface area contributed by atoms with Gasteiger partial charge in [-0.2, -0.15) is 0 Å². The summed E-state index contributed by atoms with van der Waals surface area (Å²) in [6, 6.07) is 4.25. The van der Waals surface area contributed by atoms with Crippen LogP contribution in [0, 0.1) is 16.0 Å². The monoisotopic (exact) mass is 314 g/mol. The van der Waals surface area contributed by atoms with Gasteiger partial charge < -0.3 is 10.1 Å². The van der Waals surface area contributed by atoms with Crippen molar-refractivity contribution >= 4 is 23.2 Å². The minimum Gasteiger partial charge on any atom is -0.487 e. The number of amides is 1. The molecule has 1 amide bonds. The Morgan fingerprint density at radius 2 is 2.14 bits per heavy atom. The number of nitrogens with zero attached hydrogens (tertiary/aromatic N) is 1. The van der Waals surface area contributed by atoms with Crippen LogP contribution in [0.3, 0.4) is 0 Å². The van der Waals surface area contributed by atoms with Crippen molar-refractivity contribution in [2.24, 2.45) is 5.92 Å². The molecule has 1 aromatic carbocycles. The van der Waals surface area contributed by atoms with Crippen LogP contribution in [0.5, 0.6) is 5.75 Å². The van der Waals surface area contributed by atoms with Crippen molar-refractivity contribution in [3.63, 3.8) is 0 Å². The molecular weight excluding hydrogens is 296 g/mol. The van der Waals surface area contributed by atoms with E-state index in [1.165, 1.54) is 18.2 Å². The number of halogens is 1. The first-order valence-corrected chi connectivity index (χ1v) is 7.14. The van der Waals surface area contributed by atoms with Crippen LogP contribution in [0.1, 0.15) is 31.1 Å². The van der Waals surface area contributed by atoms with Crippen LogP contribution in [-0.4, -0.2) is 29.4 Å². The first-order chi connectivity index (χ1) is 9.88. The van der Waals surface area contributed by atoms with E-state index >= 15 is 0 Å². The molecule has 1 atom stereocenters. The van der Waals surface area contributed by atoms with Gasteiger partial charge in [0, 0.05) is 12.6 Å². The molecule has 0 fully saturated rings. The van der Waals surface area contributed by atoms with Crippen molar-refractivity contribution in [3.8, 4) is 5.75 Å². The number of ether oxygens (including phenoxy) is 1. The molecule has 116 valence electrons. The second-order valence-corrected chi connectivity index (χ2v) is 5.37. The van der Waals surface area contributed by atoms with Crippen molar-refractivity contribution in [1.29, 1.82) is 0 Å². The smallest absolute Gasteiger partial charge is 0.311 e. The Bertz CT molecular complexity index is 520. The number of nitro groups is 1. The lowest BCUT2D eigenvalue weighted by atomic mass is 10.1. The summed E-state index contributed by atoms with van der Waals surface area (Å²) in [5.41, 5.74) is -0.0885. The third-order valence-corrected chi connectivity index (χ3v) is 3.56. The topological polar surface area (TPSA) is 81.5 Å². The molecule has 0 radical (unpaired) electrons. The van der Waals surface area contributed by atoms with Crippen molar-refractivity contribution in [2.45, 2.75) is 26.1 Å². The maximum atomic E-state index is 12.2. The zero-order valence-electron chi connectivity index (χ0n) is 12.3. The van der Waals surface area contributed by atoms with E-state index in [4.69, 9.17) is 16.3 Å². The van der Waals surface area contributed by atoms with Gasteiger partial charge in [0.15, 0.2) is 0 Å². The molecule has 0 aromatic heterocycles. The van der Waals surface area contributed by atoms with Crippen LogP contribution in [0.2, 0.25) is 0 Å². The standard InChI is InChI=1S/C14H19ClN2O4/c1-4-21-13-10(6-5-7-12(13)17(19)20)14(18)16-8-11(15)9(2)3/h5-7,9,11H,4,8H2,1-3H3,(H,16,18). The molecule has 1 rings (SSSR count). The van der Waals surface area contributed by atoms with Crippen molar-refractivity contribution in [3.05, 3.63) is 33.9 Å². The maximum absolute atomic E-state index is 12.2. The Kier molecular flexibility index (Phi) is 6.42. The Morgan fingerprint density at radius 3 is 2.67 bits per heavy atom. The average Bonchev–Trinajstić information content (AvgIpc) is 2.44. The predicted molar refractivity (Wildman–Crippen MR) is 81.1 cm³/mol. The minimum atomic E-state index is -0.569. The lowest BCUT2D eigenvalue weighted by molar-refractivity contribution is -0.385. The number of hydrogen-bond acceptors (Lipinski definition) is 4. The Hall–Kier alpha value is -1.82. The summed E-state index contributed by atoms with van der Waals surface area (Å²) in [5.74, 6) is -0.241. The molecular formula is C14H19ClN2O4. The maximum Gasteiger partial charge on any atom is 0.311 e. The lowest BCUT2D eigenvalue weighted by Gasteiger charge is -2.15. The zero-order chi connectivity index (χ0) is 16.0. The third-order valence-electron chi connectivity index (χ3n) is 2.91. The fourth-order valence-corrected chi connectivity index (χ4v) is 1.74. The summed E-state index contributed by atoms with van der Waals surface area (Å²) in [6.07, 6.45) is 0. The highest BCUT2D eigenvalue weighted by Gasteiger charge is 2.23. The molecule has 0 bridgehead atoms. The number of benzene rings is 1. The van der Waals surface area contributed by atoms with Gasteiger partial charge in [0.05, 0.1) is 22.5 Å². The van der Waals surface area contributed by atoms with Gasteiger partial charge in [-0.3, -0.25) is 14.9 Å². The Morgan fingerprint density at radius 1 is 1.48 bits per heavy atom. The summed E-state index contributed by atoms with van der Waals surface area (Å²) in [4.78, 5) is 22.6. The largest absolute Gasteiger partial charge is 0.487 e. The van der Waals surface area contributed by atoms with Crippen molar-refractivity contribution in [1.82, 2.24) is 5.32 Å². The molecule has 1 unspecified atom stereocenters. The van der Waals surface area contributed by atoms with E-state index in [9.17, 15) is 14.9 Å². The van der Waals surface area contributed by atoms with Gasteiger partial charge in [-0.05, 0) is 18.9 Å². The molecule has 0 saturated carbocycles. The zero-order valence-corrected chi connectivity index (χ0v) is 13.0. The predicted octanol–water partition coefficient (Wildman–Crippen LogP) is 2.99. The molecule has 0 heterocycles. The number of rotatable bonds is 7. The van der Waals surface area contributed by atoms with E-state index in [-0.39, 0.29) is 41.4 Å². The second kappa shape index (κ2) is 7.83. The number of alkyl halides is 1. The molecule has 0 aliphatic carbocycles. The molecule has 0 aliphatic rings. The fourth-order valence-electron chi connectivity index (χ4n) is 1.66. The van der Waals surface area contributed by atoms with Crippen LogP contribution in [0.25, 0.3) is 0 Å². The van der Waals surface area contributed by atoms with E-state index in [0.29, 0.717) is 0 Å². The first-order valence-electron chi connectivity index (χ1n) is 6.70. The highest BCUT2D eigenvalue weighted by atomic mass is 35.5. The summed E-state index contributed by atoms with van der Waals surface area (Å²) >= 11 is 6.08. The minimum absolute atomic E-state index is 0.0156. The number of carbonyl (C=O) groups excluding carboxylic acids is 1. The SMILES string of the molecule is CCOc1c(C(=O)NCC(Cl)C(C)C)cccc1[N+](=O)[O-]. The van der Waals surface area contributed by atoms with E-state index in [1.54, 1.807) is 6.92 Å². The molecule has 1 N–H and O–H groups in total. The van der Waals surface area contributed by atoms with Gasteiger partial charge in [-0.25, -0.2) is 0 Å². The third kappa shape index (κ3) is 4.60. The Labute approximate surface area is 128 Å². The van der Waals surface area contributed by atoms with Crippen molar-refractivity contribution in [2.75, 3.05) is 13.2 Å². The fraction of sp³-hybridized carbons (Fsp3) is 0.500. The second-order valence-electron chi connectivity index (χ2n) is 4.81. The van der Waals surface area contributed by atoms with E-state index in [0.717, 1.165) is 0 Å². The lowest BCUT2D eigenvalue weighted by Crippen LogP contribution is -2.32. The van der Waals surface area contributed by atoms with Crippen LogP contribution in [-0.2, 0) is 0 Å². The van der Waals surface area contributed by atoms with Gasteiger partial charge in [0.2, 0.25) is 5.75 Å². The molecule has 6 nitrogen and oxygen atoms in total. The number of carbonyl (C=O) groups is 1. The van der Waals surface area contributed by atoms with Crippen LogP contribution in [0.4, 0.5) is 5.69 Å². The van der Waals surface area contributed by atoms with Crippen LogP contribution in [0.15, 0.2) is 18.2 Å². The average molecular weight is 315 g/mol. The summed E-state index contributed by atoms with van der Waals surface area (Å²) in [5, 5.41) is 13.5. The van der Waals surface area contributed by atoms with Gasteiger partial charge in [0.1, 0.15) is 0 Å².